The topological polar surface area (TPSA) is 66.6 Å². The summed E-state index contributed by atoms with van der Waals surface area (Å²) in [6, 6.07) is 5.07. The van der Waals surface area contributed by atoms with E-state index >= 15 is 0 Å². The van der Waals surface area contributed by atoms with Crippen LogP contribution in [-0.4, -0.2) is 23.1 Å². The lowest BCUT2D eigenvalue weighted by Gasteiger charge is -2.17. The molecule has 0 aromatic carbocycles. The number of aromatic nitrogens is 1. The number of anilines is 1. The second kappa shape index (κ2) is 5.10. The SMILES string of the molecule is CN(Cc1ccco1)c1cc(C(=O)O)c(Cl)cn1. The number of pyridine rings is 1. The molecule has 0 spiro atoms. The van der Waals surface area contributed by atoms with Crippen LogP contribution in [-0.2, 0) is 6.54 Å². The van der Waals surface area contributed by atoms with Gasteiger partial charge in [0, 0.05) is 13.2 Å². The van der Waals surface area contributed by atoms with Crippen LogP contribution in [0.5, 0.6) is 0 Å². The van der Waals surface area contributed by atoms with Gasteiger partial charge >= 0.3 is 5.97 Å². The Bertz CT molecular complexity index is 554. The summed E-state index contributed by atoms with van der Waals surface area (Å²) in [6.45, 7) is 0.501. The maximum atomic E-state index is 11.0. The minimum atomic E-state index is -1.07. The summed E-state index contributed by atoms with van der Waals surface area (Å²) in [7, 11) is 1.80. The third-order valence-electron chi connectivity index (χ3n) is 2.44. The van der Waals surface area contributed by atoms with Crippen molar-refractivity contribution in [2.75, 3.05) is 11.9 Å². The van der Waals surface area contributed by atoms with E-state index in [1.165, 1.54) is 12.3 Å². The predicted molar refractivity (Wildman–Crippen MR) is 67.0 cm³/mol. The first-order valence-corrected chi connectivity index (χ1v) is 5.58. The number of hydrogen-bond acceptors (Lipinski definition) is 4. The number of furan rings is 1. The van der Waals surface area contributed by atoms with E-state index in [2.05, 4.69) is 4.98 Å². The van der Waals surface area contributed by atoms with Crippen molar-refractivity contribution in [3.05, 3.63) is 47.0 Å². The van der Waals surface area contributed by atoms with Crippen LogP contribution < -0.4 is 4.90 Å². The Morgan fingerprint density at radius 1 is 1.61 bits per heavy atom. The van der Waals surface area contributed by atoms with Crippen molar-refractivity contribution < 1.29 is 14.3 Å². The number of aromatic carboxylic acids is 1. The molecule has 0 aliphatic heterocycles. The van der Waals surface area contributed by atoms with Crippen molar-refractivity contribution in [3.63, 3.8) is 0 Å². The third-order valence-corrected chi connectivity index (χ3v) is 2.74. The maximum absolute atomic E-state index is 11.0. The van der Waals surface area contributed by atoms with E-state index in [4.69, 9.17) is 21.1 Å². The van der Waals surface area contributed by atoms with Gasteiger partial charge in [-0.05, 0) is 18.2 Å². The van der Waals surface area contributed by atoms with E-state index < -0.39 is 5.97 Å². The van der Waals surface area contributed by atoms with Crippen molar-refractivity contribution in [3.8, 4) is 0 Å². The zero-order valence-corrected chi connectivity index (χ0v) is 10.4. The molecule has 5 nitrogen and oxygen atoms in total. The van der Waals surface area contributed by atoms with Crippen LogP contribution in [0.2, 0.25) is 5.02 Å². The van der Waals surface area contributed by atoms with Gasteiger partial charge in [0.25, 0.3) is 0 Å². The maximum Gasteiger partial charge on any atom is 0.337 e. The van der Waals surface area contributed by atoms with Gasteiger partial charge in [-0.25, -0.2) is 9.78 Å². The first kappa shape index (κ1) is 12.4. The second-order valence-electron chi connectivity index (χ2n) is 3.76. The number of nitrogens with zero attached hydrogens (tertiary/aromatic N) is 2. The lowest BCUT2D eigenvalue weighted by molar-refractivity contribution is 0.0697. The molecule has 0 amide bonds. The van der Waals surface area contributed by atoms with Gasteiger partial charge in [-0.1, -0.05) is 11.6 Å². The highest BCUT2D eigenvalue weighted by Gasteiger charge is 2.13. The van der Waals surface area contributed by atoms with Crippen molar-refractivity contribution in [2.24, 2.45) is 0 Å². The molecule has 0 aliphatic carbocycles. The van der Waals surface area contributed by atoms with Gasteiger partial charge in [0.2, 0.25) is 0 Å². The lowest BCUT2D eigenvalue weighted by Crippen LogP contribution is -2.18. The average molecular weight is 267 g/mol. The molecule has 0 atom stereocenters. The van der Waals surface area contributed by atoms with E-state index in [1.807, 2.05) is 6.07 Å². The lowest BCUT2D eigenvalue weighted by atomic mass is 10.2. The van der Waals surface area contributed by atoms with Crippen LogP contribution >= 0.6 is 11.6 Å². The Balaban J connectivity index is 2.22. The normalized spacial score (nSPS) is 10.3. The second-order valence-corrected chi connectivity index (χ2v) is 4.17. The molecule has 2 aromatic rings. The molecule has 94 valence electrons. The summed E-state index contributed by atoms with van der Waals surface area (Å²) in [5.41, 5.74) is 0.0351. The molecule has 1 N–H and O–H groups in total. The summed E-state index contributed by atoms with van der Waals surface area (Å²) >= 11 is 5.76. The highest BCUT2D eigenvalue weighted by molar-refractivity contribution is 6.33. The van der Waals surface area contributed by atoms with Gasteiger partial charge in [0.15, 0.2) is 0 Å². The first-order valence-electron chi connectivity index (χ1n) is 5.20. The standard InChI is InChI=1S/C12H11ClN2O3/c1-15(7-8-3-2-4-18-8)11-5-9(12(16)17)10(13)6-14-11/h2-6H,7H2,1H3,(H,16,17). The van der Waals surface area contributed by atoms with Crippen LogP contribution in [0, 0.1) is 0 Å². The Morgan fingerprint density at radius 3 is 3.00 bits per heavy atom. The molecule has 0 aliphatic rings. The number of carboxylic acid groups (broad SMARTS) is 1. The molecule has 2 rings (SSSR count). The zero-order chi connectivity index (χ0) is 13.1. The molecule has 0 radical (unpaired) electrons. The Morgan fingerprint density at radius 2 is 2.39 bits per heavy atom. The fraction of sp³-hybridized carbons (Fsp3) is 0.167. The molecule has 18 heavy (non-hydrogen) atoms. The van der Waals surface area contributed by atoms with Crippen LogP contribution in [0.4, 0.5) is 5.82 Å². The summed E-state index contributed by atoms with van der Waals surface area (Å²) < 4.78 is 5.22. The number of carbonyl (C=O) groups is 1. The monoisotopic (exact) mass is 266 g/mol. The molecule has 0 saturated heterocycles. The van der Waals surface area contributed by atoms with Crippen LogP contribution in [0.15, 0.2) is 35.1 Å². The summed E-state index contributed by atoms with van der Waals surface area (Å²) in [6.07, 6.45) is 2.92. The van der Waals surface area contributed by atoms with Gasteiger partial charge in [0.1, 0.15) is 11.6 Å². The smallest absolute Gasteiger partial charge is 0.337 e. The summed E-state index contributed by atoms with van der Waals surface area (Å²) in [4.78, 5) is 16.8. The van der Waals surface area contributed by atoms with Gasteiger partial charge in [-0.3, -0.25) is 0 Å². The summed E-state index contributed by atoms with van der Waals surface area (Å²) in [5, 5.41) is 9.10. The van der Waals surface area contributed by atoms with E-state index in [9.17, 15) is 4.79 Å². The van der Waals surface area contributed by atoms with Crippen molar-refractivity contribution in [1.82, 2.24) is 4.98 Å². The van der Waals surface area contributed by atoms with Gasteiger partial charge in [-0.2, -0.15) is 0 Å². The minimum Gasteiger partial charge on any atom is -0.478 e. The third kappa shape index (κ3) is 2.62. The Labute approximate surface area is 109 Å². The molecule has 0 saturated carbocycles. The van der Waals surface area contributed by atoms with E-state index in [1.54, 1.807) is 24.3 Å². The fourth-order valence-corrected chi connectivity index (χ4v) is 1.70. The average Bonchev–Trinajstić information content (AvgIpc) is 2.81. The largest absolute Gasteiger partial charge is 0.478 e. The number of hydrogen-bond donors (Lipinski definition) is 1. The van der Waals surface area contributed by atoms with Crippen molar-refractivity contribution in [1.29, 1.82) is 0 Å². The Hall–Kier alpha value is -2.01. The van der Waals surface area contributed by atoms with Crippen LogP contribution in [0.3, 0.4) is 0 Å². The minimum absolute atomic E-state index is 0.0351. The summed E-state index contributed by atoms with van der Waals surface area (Å²) in [5.74, 6) is 0.217. The van der Waals surface area contributed by atoms with Gasteiger partial charge in [-0.15, -0.1) is 0 Å². The number of carboxylic acids is 1. The molecule has 2 aromatic heterocycles. The fourth-order valence-electron chi connectivity index (χ4n) is 1.52. The highest BCUT2D eigenvalue weighted by Crippen LogP contribution is 2.21. The molecular formula is C12H11ClN2O3. The molecule has 0 unspecified atom stereocenters. The van der Waals surface area contributed by atoms with Gasteiger partial charge in [0.05, 0.1) is 23.4 Å². The first-order chi connectivity index (χ1) is 8.58. The van der Waals surface area contributed by atoms with Crippen molar-refractivity contribution in [2.45, 2.75) is 6.54 Å². The Kier molecular flexibility index (Phi) is 3.53. The zero-order valence-electron chi connectivity index (χ0n) is 9.63. The molecule has 6 heteroatoms. The van der Waals surface area contributed by atoms with Crippen LogP contribution in [0.1, 0.15) is 16.1 Å². The predicted octanol–water partition coefficient (Wildman–Crippen LogP) is 2.66. The van der Waals surface area contributed by atoms with Gasteiger partial charge < -0.3 is 14.4 Å². The van der Waals surface area contributed by atoms with E-state index in [0.717, 1.165) is 5.76 Å². The molecule has 0 fully saturated rings. The number of rotatable bonds is 4. The molecule has 2 heterocycles. The molecular weight excluding hydrogens is 256 g/mol. The highest BCUT2D eigenvalue weighted by atomic mass is 35.5. The molecule has 0 bridgehead atoms. The van der Waals surface area contributed by atoms with Crippen LogP contribution in [0.25, 0.3) is 0 Å². The van der Waals surface area contributed by atoms with E-state index in [0.29, 0.717) is 12.4 Å². The van der Waals surface area contributed by atoms with E-state index in [-0.39, 0.29) is 10.6 Å². The quantitative estimate of drug-likeness (QED) is 0.921. The number of halogens is 1. The van der Waals surface area contributed by atoms with Crippen molar-refractivity contribution >= 4 is 23.4 Å².